The van der Waals surface area contributed by atoms with Crippen molar-refractivity contribution in [3.63, 3.8) is 0 Å². The number of rotatable bonds is 9. The van der Waals surface area contributed by atoms with Gasteiger partial charge in [-0.15, -0.1) is 0 Å². The Labute approximate surface area is 112 Å². The predicted octanol–water partition coefficient (Wildman–Crippen LogP) is 3.68. The van der Waals surface area contributed by atoms with Crippen LogP contribution < -0.4 is 0 Å². The molecule has 0 saturated carbocycles. The van der Waals surface area contributed by atoms with Crippen molar-refractivity contribution in [1.29, 1.82) is 0 Å². The molecule has 106 valence electrons. The van der Waals surface area contributed by atoms with E-state index in [9.17, 15) is 4.79 Å². The van der Waals surface area contributed by atoms with Crippen molar-refractivity contribution in [3.05, 3.63) is 0 Å². The van der Waals surface area contributed by atoms with Gasteiger partial charge in [0.1, 0.15) is 0 Å². The largest absolute Gasteiger partial charge is 0.481 e. The molecule has 1 atom stereocenters. The molecule has 1 fully saturated rings. The minimum atomic E-state index is -0.655. The van der Waals surface area contributed by atoms with Crippen LogP contribution in [0.4, 0.5) is 0 Å². The van der Waals surface area contributed by atoms with Crippen LogP contribution in [-0.4, -0.2) is 34.6 Å². The highest BCUT2D eigenvalue weighted by Crippen LogP contribution is 2.30. The highest BCUT2D eigenvalue weighted by Gasteiger charge is 2.35. The molecule has 0 aromatic carbocycles. The Balaban J connectivity index is 2.41. The third-order valence-corrected chi connectivity index (χ3v) is 4.22. The standard InChI is InChI=1S/C15H29NO2/c1-3-4-5-6-7-10-15(2,13-14(17)18)16-11-8-9-12-16/h3-13H2,1-2H3,(H,17,18). The Morgan fingerprint density at radius 2 is 1.78 bits per heavy atom. The van der Waals surface area contributed by atoms with Crippen molar-refractivity contribution in [2.45, 2.75) is 77.2 Å². The number of carbonyl (C=O) groups is 1. The van der Waals surface area contributed by atoms with E-state index in [1.165, 1.54) is 44.9 Å². The van der Waals surface area contributed by atoms with E-state index in [4.69, 9.17) is 5.11 Å². The minimum absolute atomic E-state index is 0.117. The molecular weight excluding hydrogens is 226 g/mol. The summed E-state index contributed by atoms with van der Waals surface area (Å²) in [6.45, 7) is 6.53. The Kier molecular flexibility index (Phi) is 6.69. The summed E-state index contributed by atoms with van der Waals surface area (Å²) in [5.41, 5.74) is -0.117. The van der Waals surface area contributed by atoms with E-state index < -0.39 is 5.97 Å². The van der Waals surface area contributed by atoms with E-state index in [-0.39, 0.29) is 5.54 Å². The monoisotopic (exact) mass is 255 g/mol. The Bertz CT molecular complexity index is 249. The summed E-state index contributed by atoms with van der Waals surface area (Å²) < 4.78 is 0. The average molecular weight is 255 g/mol. The maximum Gasteiger partial charge on any atom is 0.305 e. The molecule has 1 saturated heterocycles. The molecule has 0 amide bonds. The highest BCUT2D eigenvalue weighted by atomic mass is 16.4. The number of carboxylic acids is 1. The first-order valence-electron chi connectivity index (χ1n) is 7.55. The topological polar surface area (TPSA) is 40.5 Å². The molecular formula is C15H29NO2. The van der Waals surface area contributed by atoms with Crippen molar-refractivity contribution in [1.82, 2.24) is 4.90 Å². The number of likely N-dealkylation sites (tertiary alicyclic amines) is 1. The molecule has 1 N–H and O–H groups in total. The molecule has 1 heterocycles. The van der Waals surface area contributed by atoms with E-state index in [0.717, 1.165) is 19.5 Å². The van der Waals surface area contributed by atoms with Crippen LogP contribution in [-0.2, 0) is 4.79 Å². The number of aliphatic carboxylic acids is 1. The number of nitrogens with zero attached hydrogens (tertiary/aromatic N) is 1. The van der Waals surface area contributed by atoms with E-state index in [1.807, 2.05) is 0 Å². The van der Waals surface area contributed by atoms with Gasteiger partial charge in [-0.1, -0.05) is 39.0 Å². The maximum atomic E-state index is 11.1. The summed E-state index contributed by atoms with van der Waals surface area (Å²) >= 11 is 0. The molecule has 0 aromatic rings. The second-order valence-corrected chi connectivity index (χ2v) is 5.93. The summed E-state index contributed by atoms with van der Waals surface area (Å²) in [6.07, 6.45) is 10.1. The van der Waals surface area contributed by atoms with Crippen molar-refractivity contribution >= 4 is 5.97 Å². The van der Waals surface area contributed by atoms with Crippen LogP contribution >= 0.6 is 0 Å². The van der Waals surface area contributed by atoms with Gasteiger partial charge in [0.05, 0.1) is 6.42 Å². The molecule has 18 heavy (non-hydrogen) atoms. The fourth-order valence-corrected chi connectivity index (χ4v) is 3.05. The van der Waals surface area contributed by atoms with E-state index in [0.29, 0.717) is 6.42 Å². The van der Waals surface area contributed by atoms with Crippen molar-refractivity contribution < 1.29 is 9.90 Å². The van der Waals surface area contributed by atoms with Crippen molar-refractivity contribution in [2.75, 3.05) is 13.1 Å². The summed E-state index contributed by atoms with van der Waals surface area (Å²) in [4.78, 5) is 13.5. The van der Waals surface area contributed by atoms with Gasteiger partial charge in [0.15, 0.2) is 0 Å². The normalized spacial score (nSPS) is 19.9. The predicted molar refractivity (Wildman–Crippen MR) is 74.8 cm³/mol. The van der Waals surface area contributed by atoms with Gasteiger partial charge in [-0.2, -0.15) is 0 Å². The van der Waals surface area contributed by atoms with Gasteiger partial charge in [-0.05, 0) is 39.3 Å². The molecule has 0 aliphatic carbocycles. The number of hydrogen-bond acceptors (Lipinski definition) is 2. The summed E-state index contributed by atoms with van der Waals surface area (Å²) in [7, 11) is 0. The average Bonchev–Trinajstić information content (AvgIpc) is 2.81. The van der Waals surface area contributed by atoms with Crippen LogP contribution in [0.2, 0.25) is 0 Å². The molecule has 0 radical (unpaired) electrons. The van der Waals surface area contributed by atoms with Gasteiger partial charge in [0.2, 0.25) is 0 Å². The molecule has 3 heteroatoms. The van der Waals surface area contributed by atoms with Crippen LogP contribution in [0.5, 0.6) is 0 Å². The zero-order valence-electron chi connectivity index (χ0n) is 12.1. The van der Waals surface area contributed by atoms with Crippen molar-refractivity contribution in [2.24, 2.45) is 0 Å². The third kappa shape index (κ3) is 4.97. The SMILES string of the molecule is CCCCCCCC(C)(CC(=O)O)N1CCCC1. The van der Waals surface area contributed by atoms with Gasteiger partial charge in [-0.25, -0.2) is 0 Å². The Morgan fingerprint density at radius 3 is 2.33 bits per heavy atom. The fourth-order valence-electron chi connectivity index (χ4n) is 3.05. The van der Waals surface area contributed by atoms with Crippen LogP contribution in [0.15, 0.2) is 0 Å². The first-order chi connectivity index (χ1) is 8.58. The first kappa shape index (κ1) is 15.5. The first-order valence-corrected chi connectivity index (χ1v) is 7.55. The van der Waals surface area contributed by atoms with E-state index in [2.05, 4.69) is 18.7 Å². The van der Waals surface area contributed by atoms with Gasteiger partial charge in [-0.3, -0.25) is 9.69 Å². The maximum absolute atomic E-state index is 11.1. The second kappa shape index (κ2) is 7.78. The van der Waals surface area contributed by atoms with E-state index >= 15 is 0 Å². The smallest absolute Gasteiger partial charge is 0.305 e. The van der Waals surface area contributed by atoms with Gasteiger partial charge in [0, 0.05) is 5.54 Å². The molecule has 1 aliphatic rings. The number of hydrogen-bond donors (Lipinski definition) is 1. The molecule has 1 rings (SSSR count). The van der Waals surface area contributed by atoms with E-state index in [1.54, 1.807) is 0 Å². The van der Waals surface area contributed by atoms with Crippen LogP contribution in [0.25, 0.3) is 0 Å². The molecule has 0 aromatic heterocycles. The lowest BCUT2D eigenvalue weighted by molar-refractivity contribution is -0.140. The molecule has 0 bridgehead atoms. The molecule has 1 aliphatic heterocycles. The quantitative estimate of drug-likeness (QED) is 0.639. The lowest BCUT2D eigenvalue weighted by Gasteiger charge is -2.38. The zero-order chi connectivity index (χ0) is 13.4. The summed E-state index contributed by atoms with van der Waals surface area (Å²) in [5, 5.41) is 9.12. The molecule has 1 unspecified atom stereocenters. The lowest BCUT2D eigenvalue weighted by atomic mass is 9.89. The zero-order valence-corrected chi connectivity index (χ0v) is 12.1. The van der Waals surface area contributed by atoms with Crippen LogP contribution in [0.3, 0.4) is 0 Å². The summed E-state index contributed by atoms with van der Waals surface area (Å²) in [5.74, 6) is -0.655. The fraction of sp³-hybridized carbons (Fsp3) is 0.933. The molecule has 0 spiro atoms. The Morgan fingerprint density at radius 1 is 1.17 bits per heavy atom. The number of carboxylic acid groups (broad SMARTS) is 1. The van der Waals surface area contributed by atoms with Crippen LogP contribution in [0.1, 0.15) is 71.6 Å². The third-order valence-electron chi connectivity index (χ3n) is 4.22. The summed E-state index contributed by atoms with van der Waals surface area (Å²) in [6, 6.07) is 0. The highest BCUT2D eigenvalue weighted by molar-refractivity contribution is 5.68. The van der Waals surface area contributed by atoms with Gasteiger partial charge >= 0.3 is 5.97 Å². The van der Waals surface area contributed by atoms with Crippen molar-refractivity contribution in [3.8, 4) is 0 Å². The van der Waals surface area contributed by atoms with Gasteiger partial charge in [0.25, 0.3) is 0 Å². The Hall–Kier alpha value is -0.570. The minimum Gasteiger partial charge on any atom is -0.481 e. The molecule has 3 nitrogen and oxygen atoms in total. The second-order valence-electron chi connectivity index (χ2n) is 5.93. The lowest BCUT2D eigenvalue weighted by Crippen LogP contribution is -2.46. The van der Waals surface area contributed by atoms with Gasteiger partial charge < -0.3 is 5.11 Å². The number of unbranched alkanes of at least 4 members (excludes halogenated alkanes) is 4. The van der Waals surface area contributed by atoms with Crippen LogP contribution in [0, 0.1) is 0 Å².